The van der Waals surface area contributed by atoms with Crippen molar-refractivity contribution in [2.45, 2.75) is 33.7 Å². The maximum Gasteiger partial charge on any atom is 0.338 e. The smallest absolute Gasteiger partial charge is 0.338 e. The number of fused-ring (bicyclic) bond motifs is 2. The summed E-state index contributed by atoms with van der Waals surface area (Å²) in [5, 5.41) is 0. The highest BCUT2D eigenvalue weighted by molar-refractivity contribution is 7.07. The largest absolute Gasteiger partial charge is 0.490 e. The van der Waals surface area contributed by atoms with Gasteiger partial charge in [0.15, 0.2) is 16.3 Å². The van der Waals surface area contributed by atoms with Gasteiger partial charge >= 0.3 is 11.9 Å². The van der Waals surface area contributed by atoms with Gasteiger partial charge in [-0.05, 0) is 44.5 Å². The fourth-order valence-electron chi connectivity index (χ4n) is 5.17. The van der Waals surface area contributed by atoms with E-state index in [4.69, 9.17) is 14.2 Å². The van der Waals surface area contributed by atoms with Crippen molar-refractivity contribution in [1.29, 1.82) is 0 Å². The molecule has 0 saturated carbocycles. The number of amides is 1. The van der Waals surface area contributed by atoms with Crippen molar-refractivity contribution in [2.24, 2.45) is 4.99 Å². The molecule has 1 amide bonds. The van der Waals surface area contributed by atoms with E-state index >= 15 is 0 Å². The fourth-order valence-corrected chi connectivity index (χ4v) is 6.31. The minimum atomic E-state index is -0.948. The first-order valence-electron chi connectivity index (χ1n) is 13.4. The van der Waals surface area contributed by atoms with E-state index in [1.54, 1.807) is 56.0 Å². The minimum absolute atomic E-state index is 0.122. The van der Waals surface area contributed by atoms with Gasteiger partial charge in [-0.3, -0.25) is 19.0 Å². The van der Waals surface area contributed by atoms with E-state index in [1.165, 1.54) is 11.5 Å². The Balaban J connectivity index is 1.80. The summed E-state index contributed by atoms with van der Waals surface area (Å²) in [6, 6.07) is 11.2. The molecule has 2 aliphatic rings. The molecular weight excluding hydrogens is 558 g/mol. The van der Waals surface area contributed by atoms with E-state index in [2.05, 4.69) is 11.6 Å². The number of para-hydroxylation sites is 1. The molecule has 0 unspecified atom stereocenters. The lowest BCUT2D eigenvalue weighted by atomic mass is 9.95. The Morgan fingerprint density at radius 3 is 2.55 bits per heavy atom. The number of allylic oxidation sites excluding steroid dienone is 1. The standard InChI is InChI=1S/C31H29N3O7S/c1-6-15-33-21-12-10-9-11-20(21)25(28(33)36)27-29(37)34-26(24(30(38)40-8-3)17(4)32-31(34)42-27)19-13-14-22(41-18(5)35)23(16-19)39-7-2/h6,9-14,16,26H,1,7-8,15H2,2-5H3/b27-25-/t26-/m0/s1. The second-order valence-corrected chi connectivity index (χ2v) is 10.4. The number of hydrogen-bond acceptors (Lipinski definition) is 9. The first-order chi connectivity index (χ1) is 20.2. The van der Waals surface area contributed by atoms with Crippen molar-refractivity contribution >= 4 is 40.4 Å². The second kappa shape index (κ2) is 11.6. The molecule has 0 bridgehead atoms. The Labute approximate surface area is 245 Å². The lowest BCUT2D eigenvalue weighted by Crippen LogP contribution is -2.41. The van der Waals surface area contributed by atoms with E-state index in [-0.39, 0.29) is 52.8 Å². The van der Waals surface area contributed by atoms with Crippen LogP contribution in [0, 0.1) is 0 Å². The van der Waals surface area contributed by atoms with Gasteiger partial charge in [0.2, 0.25) is 0 Å². The number of carbonyl (C=O) groups is 3. The van der Waals surface area contributed by atoms with Gasteiger partial charge in [0.05, 0.1) is 41.8 Å². The molecule has 2 aliphatic heterocycles. The first kappa shape index (κ1) is 28.7. The molecule has 42 heavy (non-hydrogen) atoms. The number of benzene rings is 2. The highest BCUT2D eigenvalue weighted by atomic mass is 32.1. The third kappa shape index (κ3) is 4.85. The predicted molar refractivity (Wildman–Crippen MR) is 157 cm³/mol. The summed E-state index contributed by atoms with van der Waals surface area (Å²) in [6.07, 6.45) is 1.63. The van der Waals surface area contributed by atoms with Crippen LogP contribution >= 0.6 is 11.3 Å². The Hall–Kier alpha value is -4.77. The van der Waals surface area contributed by atoms with Crippen molar-refractivity contribution in [1.82, 2.24) is 4.57 Å². The normalized spacial score (nSPS) is 16.9. The van der Waals surface area contributed by atoms with Gasteiger partial charge in [-0.2, -0.15) is 0 Å². The number of anilines is 1. The summed E-state index contributed by atoms with van der Waals surface area (Å²) in [7, 11) is 0. The maximum atomic E-state index is 14.3. The van der Waals surface area contributed by atoms with E-state index in [9.17, 15) is 19.2 Å². The molecule has 3 aromatic rings. The minimum Gasteiger partial charge on any atom is -0.490 e. The van der Waals surface area contributed by atoms with Crippen LogP contribution in [0.5, 0.6) is 11.5 Å². The summed E-state index contributed by atoms with van der Waals surface area (Å²) in [5.41, 5.74) is 2.19. The Morgan fingerprint density at radius 1 is 1.10 bits per heavy atom. The quantitative estimate of drug-likeness (QED) is 0.226. The number of rotatable bonds is 8. The van der Waals surface area contributed by atoms with Crippen LogP contribution in [-0.2, 0) is 19.1 Å². The van der Waals surface area contributed by atoms with Crippen molar-refractivity contribution < 1.29 is 28.6 Å². The molecule has 5 rings (SSSR count). The summed E-state index contributed by atoms with van der Waals surface area (Å²) in [5.74, 6) is -0.982. The number of hydrogen-bond donors (Lipinski definition) is 0. The Kier molecular flexibility index (Phi) is 7.95. The molecule has 1 aromatic heterocycles. The highest BCUT2D eigenvalue weighted by Crippen LogP contribution is 2.37. The molecule has 0 radical (unpaired) electrons. The van der Waals surface area contributed by atoms with Crippen LogP contribution < -0.4 is 29.3 Å². The third-order valence-electron chi connectivity index (χ3n) is 6.79. The summed E-state index contributed by atoms with van der Waals surface area (Å²) in [4.78, 5) is 59.5. The van der Waals surface area contributed by atoms with Crippen molar-refractivity contribution in [3.63, 3.8) is 0 Å². The molecular formula is C31H29N3O7S. The van der Waals surface area contributed by atoms with Gasteiger partial charge < -0.3 is 19.1 Å². The molecule has 216 valence electrons. The summed E-state index contributed by atoms with van der Waals surface area (Å²) < 4.78 is 18.1. The van der Waals surface area contributed by atoms with E-state index in [0.717, 1.165) is 11.3 Å². The van der Waals surface area contributed by atoms with Gasteiger partial charge in [-0.25, -0.2) is 9.79 Å². The van der Waals surface area contributed by atoms with E-state index in [1.807, 2.05) is 18.2 Å². The third-order valence-corrected chi connectivity index (χ3v) is 7.84. The molecule has 0 fully saturated rings. The molecule has 10 nitrogen and oxygen atoms in total. The van der Waals surface area contributed by atoms with E-state index in [0.29, 0.717) is 27.3 Å². The predicted octanol–water partition coefficient (Wildman–Crippen LogP) is 3.03. The molecule has 11 heteroatoms. The number of carbonyl (C=O) groups excluding carboxylic acids is 3. The van der Waals surface area contributed by atoms with E-state index < -0.39 is 23.5 Å². The molecule has 0 N–H and O–H groups in total. The van der Waals surface area contributed by atoms with Gasteiger partial charge in [0, 0.05) is 19.0 Å². The van der Waals surface area contributed by atoms with Gasteiger partial charge in [-0.15, -0.1) is 6.58 Å². The molecule has 2 aromatic carbocycles. The molecule has 1 atom stereocenters. The number of thiazole rings is 1. The van der Waals surface area contributed by atoms with Crippen molar-refractivity contribution in [2.75, 3.05) is 24.7 Å². The van der Waals surface area contributed by atoms with Crippen molar-refractivity contribution in [3.05, 3.63) is 97.2 Å². The van der Waals surface area contributed by atoms with Crippen molar-refractivity contribution in [3.8, 4) is 11.5 Å². The van der Waals surface area contributed by atoms with Gasteiger partial charge in [-0.1, -0.05) is 41.7 Å². The van der Waals surface area contributed by atoms with Crippen LogP contribution in [0.15, 0.2) is 76.2 Å². The van der Waals surface area contributed by atoms with Crippen LogP contribution in [0.2, 0.25) is 0 Å². The fraction of sp³-hybridized carbons (Fsp3) is 0.258. The second-order valence-electron chi connectivity index (χ2n) is 9.45. The molecule has 0 saturated heterocycles. The molecule has 3 heterocycles. The zero-order valence-corrected chi connectivity index (χ0v) is 24.4. The number of aromatic nitrogens is 1. The number of nitrogens with zero attached hydrogens (tertiary/aromatic N) is 3. The van der Waals surface area contributed by atoms with Gasteiger partial charge in [0.25, 0.3) is 11.5 Å². The highest BCUT2D eigenvalue weighted by Gasteiger charge is 2.37. The van der Waals surface area contributed by atoms with Crippen LogP contribution in [0.25, 0.3) is 5.57 Å². The molecule has 0 spiro atoms. The first-order valence-corrected chi connectivity index (χ1v) is 14.2. The maximum absolute atomic E-state index is 14.3. The average Bonchev–Trinajstić information content (AvgIpc) is 3.41. The lowest BCUT2D eigenvalue weighted by molar-refractivity contribution is -0.139. The number of ether oxygens (including phenoxy) is 3. The molecule has 0 aliphatic carbocycles. The number of esters is 2. The average molecular weight is 588 g/mol. The zero-order chi connectivity index (χ0) is 30.1. The summed E-state index contributed by atoms with van der Waals surface area (Å²) >= 11 is 1.09. The van der Waals surface area contributed by atoms with Crippen LogP contribution in [-0.4, -0.2) is 42.2 Å². The van der Waals surface area contributed by atoms with Crippen LogP contribution in [0.3, 0.4) is 0 Å². The van der Waals surface area contributed by atoms with Gasteiger partial charge in [0.1, 0.15) is 4.53 Å². The zero-order valence-electron chi connectivity index (χ0n) is 23.6. The SMILES string of the molecule is C=CCN1C(=O)/C(=c2\sc3n(c2=O)[C@@H](c2ccc(OC(C)=O)c(OCC)c2)C(C(=O)OCC)=C(C)N=3)c2ccccc21. The summed E-state index contributed by atoms with van der Waals surface area (Å²) in [6.45, 7) is 10.9. The van der Waals surface area contributed by atoms with Crippen LogP contribution in [0.1, 0.15) is 44.9 Å². The Morgan fingerprint density at radius 2 is 1.86 bits per heavy atom. The lowest BCUT2D eigenvalue weighted by Gasteiger charge is -2.25. The van der Waals surface area contributed by atoms with Crippen LogP contribution in [0.4, 0.5) is 5.69 Å². The topological polar surface area (TPSA) is 117 Å². The monoisotopic (exact) mass is 587 g/mol. The Bertz CT molecular complexity index is 1850.